The van der Waals surface area contributed by atoms with Crippen LogP contribution < -0.4 is 10.0 Å². The molecule has 1 atom stereocenters. The monoisotopic (exact) mass is 288 g/mol. The lowest BCUT2D eigenvalue weighted by Crippen LogP contribution is -2.28. The molecule has 1 unspecified atom stereocenters. The Hall–Kier alpha value is -0.430. The lowest BCUT2D eigenvalue weighted by molar-refractivity contribution is 0.492. The molecule has 1 heterocycles. The van der Waals surface area contributed by atoms with Crippen molar-refractivity contribution in [2.45, 2.75) is 30.5 Å². The van der Waals surface area contributed by atoms with Crippen LogP contribution in [0.15, 0.2) is 16.3 Å². The van der Waals surface area contributed by atoms with Crippen LogP contribution in [0.3, 0.4) is 0 Å². The average molecular weight is 288 g/mol. The van der Waals surface area contributed by atoms with Gasteiger partial charge in [-0.1, -0.05) is 6.92 Å². The summed E-state index contributed by atoms with van der Waals surface area (Å²) in [4.78, 5) is 1.04. The normalized spacial score (nSPS) is 17.9. The van der Waals surface area contributed by atoms with Gasteiger partial charge in [-0.05, 0) is 43.9 Å². The first-order chi connectivity index (χ1) is 8.53. The van der Waals surface area contributed by atoms with Gasteiger partial charge in [-0.3, -0.25) is 0 Å². The Bertz CT molecular complexity index is 492. The summed E-state index contributed by atoms with van der Waals surface area (Å²) < 4.78 is 27.3. The van der Waals surface area contributed by atoms with Gasteiger partial charge in [0.15, 0.2) is 0 Å². The Morgan fingerprint density at radius 3 is 2.78 bits per heavy atom. The number of hydrogen-bond acceptors (Lipinski definition) is 4. The van der Waals surface area contributed by atoms with Gasteiger partial charge in [0.25, 0.3) is 0 Å². The second-order valence-corrected chi connectivity index (χ2v) is 8.08. The van der Waals surface area contributed by atoms with Gasteiger partial charge in [-0.25, -0.2) is 13.1 Å². The van der Waals surface area contributed by atoms with Gasteiger partial charge in [0.05, 0.1) is 0 Å². The summed E-state index contributed by atoms with van der Waals surface area (Å²) in [5.41, 5.74) is 0. The summed E-state index contributed by atoms with van der Waals surface area (Å²) in [7, 11) is -1.47. The van der Waals surface area contributed by atoms with E-state index in [1.54, 1.807) is 6.07 Å². The first-order valence-corrected chi connectivity index (χ1v) is 8.56. The summed E-state index contributed by atoms with van der Waals surface area (Å²) in [6, 6.07) is 3.54. The third-order valence-corrected chi connectivity index (χ3v) is 6.28. The Labute approximate surface area is 113 Å². The van der Waals surface area contributed by atoms with E-state index in [9.17, 15) is 8.42 Å². The summed E-state index contributed by atoms with van der Waals surface area (Å²) in [5.74, 6) is 1.16. The maximum Gasteiger partial charge on any atom is 0.250 e. The molecule has 1 aliphatic rings. The predicted molar refractivity (Wildman–Crippen MR) is 74.2 cm³/mol. The molecule has 0 saturated heterocycles. The van der Waals surface area contributed by atoms with Gasteiger partial charge in [-0.15, -0.1) is 11.3 Å². The third kappa shape index (κ3) is 3.54. The molecule has 2 N–H and O–H groups in total. The fourth-order valence-electron chi connectivity index (χ4n) is 1.92. The van der Waals surface area contributed by atoms with Crippen LogP contribution in [-0.2, 0) is 16.6 Å². The smallest absolute Gasteiger partial charge is 0.250 e. The molecule has 102 valence electrons. The van der Waals surface area contributed by atoms with Crippen LogP contribution in [0, 0.1) is 11.8 Å². The Morgan fingerprint density at radius 1 is 1.44 bits per heavy atom. The highest BCUT2D eigenvalue weighted by molar-refractivity contribution is 7.91. The highest BCUT2D eigenvalue weighted by atomic mass is 32.2. The molecular weight excluding hydrogens is 268 g/mol. The van der Waals surface area contributed by atoms with Crippen LogP contribution in [0.4, 0.5) is 0 Å². The summed E-state index contributed by atoms with van der Waals surface area (Å²) in [6.45, 7) is 3.37. The molecule has 1 aromatic heterocycles. The summed E-state index contributed by atoms with van der Waals surface area (Å²) >= 11 is 1.33. The van der Waals surface area contributed by atoms with Gasteiger partial charge in [0.1, 0.15) is 4.21 Å². The molecule has 18 heavy (non-hydrogen) atoms. The van der Waals surface area contributed by atoms with E-state index in [1.165, 1.54) is 24.2 Å². The van der Waals surface area contributed by atoms with E-state index in [2.05, 4.69) is 17.0 Å². The number of hydrogen-bond donors (Lipinski definition) is 2. The molecule has 0 aliphatic heterocycles. The van der Waals surface area contributed by atoms with E-state index in [1.807, 2.05) is 13.1 Å². The van der Waals surface area contributed by atoms with Gasteiger partial charge in [0.2, 0.25) is 10.0 Å². The van der Waals surface area contributed by atoms with E-state index in [-0.39, 0.29) is 0 Å². The molecule has 0 aromatic carbocycles. The fourth-order valence-corrected chi connectivity index (χ4v) is 4.47. The van der Waals surface area contributed by atoms with Crippen molar-refractivity contribution < 1.29 is 8.42 Å². The van der Waals surface area contributed by atoms with E-state index in [0.29, 0.717) is 23.2 Å². The van der Waals surface area contributed by atoms with Crippen molar-refractivity contribution in [3.63, 3.8) is 0 Å². The molecule has 4 nitrogen and oxygen atoms in total. The van der Waals surface area contributed by atoms with Crippen LogP contribution >= 0.6 is 11.3 Å². The summed E-state index contributed by atoms with van der Waals surface area (Å²) in [5, 5.41) is 3.02. The number of thiophene rings is 1. The van der Waals surface area contributed by atoms with Gasteiger partial charge < -0.3 is 5.32 Å². The van der Waals surface area contributed by atoms with Crippen LogP contribution in [0.25, 0.3) is 0 Å². The first-order valence-electron chi connectivity index (χ1n) is 6.26. The Morgan fingerprint density at radius 2 is 2.17 bits per heavy atom. The van der Waals surface area contributed by atoms with E-state index >= 15 is 0 Å². The Balaban J connectivity index is 1.95. The molecular formula is C12H20N2O2S2. The minimum absolute atomic E-state index is 0.413. The van der Waals surface area contributed by atoms with Crippen molar-refractivity contribution in [1.82, 2.24) is 10.0 Å². The molecule has 0 amide bonds. The maximum absolute atomic E-state index is 12.1. The second-order valence-electron chi connectivity index (χ2n) is 4.92. The Kier molecular flexibility index (Phi) is 4.42. The quantitative estimate of drug-likeness (QED) is 0.804. The largest absolute Gasteiger partial charge is 0.315 e. The van der Waals surface area contributed by atoms with E-state index < -0.39 is 10.0 Å². The zero-order chi connectivity index (χ0) is 13.2. The number of sulfonamides is 1. The predicted octanol–water partition coefficient (Wildman–Crippen LogP) is 1.79. The molecule has 1 saturated carbocycles. The zero-order valence-electron chi connectivity index (χ0n) is 10.8. The van der Waals surface area contributed by atoms with Crippen LogP contribution in [0.5, 0.6) is 0 Å². The van der Waals surface area contributed by atoms with Gasteiger partial charge in [0, 0.05) is 18.0 Å². The average Bonchev–Trinajstić information content (AvgIpc) is 3.07. The highest BCUT2D eigenvalue weighted by Gasteiger charge is 2.29. The minimum Gasteiger partial charge on any atom is -0.315 e. The standard InChI is InChI=1S/C12H20N2O2S2/c1-9(10-3-4-10)7-14-18(15,16)12-6-5-11(17-12)8-13-2/h5-6,9-10,13-14H,3-4,7-8H2,1-2H3. The topological polar surface area (TPSA) is 58.2 Å². The highest BCUT2D eigenvalue weighted by Crippen LogP contribution is 2.36. The number of rotatable bonds is 7. The van der Waals surface area contributed by atoms with E-state index in [4.69, 9.17) is 0 Å². The molecule has 2 rings (SSSR count). The van der Waals surface area contributed by atoms with Crippen molar-refractivity contribution in [3.05, 3.63) is 17.0 Å². The van der Waals surface area contributed by atoms with Gasteiger partial charge in [-0.2, -0.15) is 0 Å². The molecule has 0 spiro atoms. The maximum atomic E-state index is 12.1. The molecule has 1 aliphatic carbocycles. The fraction of sp³-hybridized carbons (Fsp3) is 0.667. The molecule has 0 radical (unpaired) electrons. The van der Waals surface area contributed by atoms with Crippen molar-refractivity contribution in [3.8, 4) is 0 Å². The lowest BCUT2D eigenvalue weighted by atomic mass is 10.1. The molecule has 6 heteroatoms. The minimum atomic E-state index is -3.32. The SMILES string of the molecule is CNCc1ccc(S(=O)(=O)NCC(C)C2CC2)s1. The van der Waals surface area contributed by atoms with Crippen molar-refractivity contribution in [2.24, 2.45) is 11.8 Å². The third-order valence-electron chi connectivity index (χ3n) is 3.27. The summed E-state index contributed by atoms with van der Waals surface area (Å²) in [6.07, 6.45) is 2.49. The first kappa shape index (κ1) is 14.0. The molecule has 1 aromatic rings. The van der Waals surface area contributed by atoms with Crippen molar-refractivity contribution in [2.75, 3.05) is 13.6 Å². The van der Waals surface area contributed by atoms with Crippen molar-refractivity contribution >= 4 is 21.4 Å². The van der Waals surface area contributed by atoms with E-state index in [0.717, 1.165) is 10.8 Å². The molecule has 1 fully saturated rings. The van der Waals surface area contributed by atoms with Crippen LogP contribution in [0.1, 0.15) is 24.6 Å². The van der Waals surface area contributed by atoms with Crippen LogP contribution in [-0.4, -0.2) is 22.0 Å². The lowest BCUT2D eigenvalue weighted by Gasteiger charge is -2.10. The molecule has 0 bridgehead atoms. The van der Waals surface area contributed by atoms with Crippen LogP contribution in [0.2, 0.25) is 0 Å². The van der Waals surface area contributed by atoms with Crippen molar-refractivity contribution in [1.29, 1.82) is 0 Å². The second kappa shape index (κ2) is 5.69. The zero-order valence-corrected chi connectivity index (χ0v) is 12.4. The van der Waals surface area contributed by atoms with Gasteiger partial charge >= 0.3 is 0 Å². The number of nitrogens with one attached hydrogen (secondary N) is 2.